The lowest BCUT2D eigenvalue weighted by Crippen LogP contribution is -2.38. The quantitative estimate of drug-likeness (QED) is 0.601. The highest BCUT2D eigenvalue weighted by molar-refractivity contribution is 8.18. The minimum absolute atomic E-state index is 0.0991. The third-order valence-corrected chi connectivity index (χ3v) is 5.56. The van der Waals surface area contributed by atoms with Gasteiger partial charge in [0.05, 0.1) is 12.0 Å². The molecule has 2 aromatic carbocycles. The number of aryl methyl sites for hydroxylation is 1. The standard InChI is InChI=1S/C23H24N2O5S/c1-3-17-6-4-5-7-19(17)30-15-21(26)24-12-13-25-22(27)20(31-23(25)28)14-16-8-10-18(29-2)11-9-16/h4-11,14H,3,12-13,15H2,1-2H3,(H,24,26)/b20-14+. The van der Waals surface area contributed by atoms with Crippen LogP contribution in [0, 0.1) is 0 Å². The number of carbonyl (C=O) groups is 3. The molecule has 1 fully saturated rings. The molecule has 0 aliphatic carbocycles. The van der Waals surface area contributed by atoms with Gasteiger partial charge in [-0.3, -0.25) is 19.3 Å². The van der Waals surface area contributed by atoms with E-state index in [9.17, 15) is 14.4 Å². The number of benzene rings is 2. The summed E-state index contributed by atoms with van der Waals surface area (Å²) < 4.78 is 10.7. The zero-order valence-electron chi connectivity index (χ0n) is 17.4. The Hall–Kier alpha value is -3.26. The number of hydrogen-bond acceptors (Lipinski definition) is 6. The smallest absolute Gasteiger partial charge is 0.293 e. The lowest BCUT2D eigenvalue weighted by atomic mass is 10.1. The van der Waals surface area contributed by atoms with Crippen LogP contribution >= 0.6 is 11.8 Å². The van der Waals surface area contributed by atoms with E-state index in [1.54, 1.807) is 25.3 Å². The molecule has 7 nitrogen and oxygen atoms in total. The molecular weight excluding hydrogens is 416 g/mol. The van der Waals surface area contributed by atoms with Gasteiger partial charge < -0.3 is 14.8 Å². The first-order valence-electron chi connectivity index (χ1n) is 9.88. The number of para-hydroxylation sites is 1. The Morgan fingerprint density at radius 3 is 2.58 bits per heavy atom. The van der Waals surface area contributed by atoms with Gasteiger partial charge in [0.2, 0.25) is 0 Å². The normalized spacial score (nSPS) is 14.8. The predicted molar refractivity (Wildman–Crippen MR) is 120 cm³/mol. The van der Waals surface area contributed by atoms with Gasteiger partial charge in [0.1, 0.15) is 11.5 Å². The highest BCUT2D eigenvalue weighted by atomic mass is 32.2. The summed E-state index contributed by atoms with van der Waals surface area (Å²) in [6.07, 6.45) is 2.48. The number of hydrogen-bond donors (Lipinski definition) is 1. The molecule has 0 radical (unpaired) electrons. The second kappa shape index (κ2) is 10.7. The molecule has 0 unspecified atom stereocenters. The largest absolute Gasteiger partial charge is 0.497 e. The summed E-state index contributed by atoms with van der Waals surface area (Å²) in [4.78, 5) is 38.3. The lowest BCUT2D eigenvalue weighted by Gasteiger charge is -2.14. The van der Waals surface area contributed by atoms with Crippen molar-refractivity contribution in [3.63, 3.8) is 0 Å². The van der Waals surface area contributed by atoms with Crippen LogP contribution in [0.2, 0.25) is 0 Å². The average molecular weight is 441 g/mol. The zero-order valence-corrected chi connectivity index (χ0v) is 18.2. The Morgan fingerprint density at radius 2 is 1.87 bits per heavy atom. The van der Waals surface area contributed by atoms with Gasteiger partial charge in [-0.05, 0) is 53.6 Å². The van der Waals surface area contributed by atoms with Crippen molar-refractivity contribution in [3.05, 3.63) is 64.6 Å². The Balaban J connectivity index is 1.48. The Morgan fingerprint density at radius 1 is 1.13 bits per heavy atom. The minimum atomic E-state index is -0.367. The number of nitrogens with one attached hydrogen (secondary N) is 1. The van der Waals surface area contributed by atoms with Gasteiger partial charge >= 0.3 is 0 Å². The van der Waals surface area contributed by atoms with Crippen molar-refractivity contribution < 1.29 is 23.9 Å². The first-order chi connectivity index (χ1) is 15.0. The van der Waals surface area contributed by atoms with Gasteiger partial charge in [0, 0.05) is 13.1 Å². The highest BCUT2D eigenvalue weighted by Gasteiger charge is 2.34. The number of methoxy groups -OCH3 is 1. The molecule has 162 valence electrons. The monoisotopic (exact) mass is 440 g/mol. The molecule has 1 heterocycles. The third-order valence-electron chi connectivity index (χ3n) is 4.66. The molecule has 1 N–H and O–H groups in total. The molecule has 8 heteroatoms. The van der Waals surface area contributed by atoms with Crippen molar-refractivity contribution in [3.8, 4) is 11.5 Å². The van der Waals surface area contributed by atoms with Crippen molar-refractivity contribution in [2.24, 2.45) is 0 Å². The summed E-state index contributed by atoms with van der Waals surface area (Å²) >= 11 is 0.887. The summed E-state index contributed by atoms with van der Waals surface area (Å²) in [5.41, 5.74) is 1.82. The SMILES string of the molecule is CCc1ccccc1OCC(=O)NCCN1C(=O)S/C(=C/c2ccc(OC)cc2)C1=O. The maximum Gasteiger partial charge on any atom is 0.293 e. The van der Waals surface area contributed by atoms with E-state index in [2.05, 4.69) is 5.32 Å². The maximum absolute atomic E-state index is 12.6. The van der Waals surface area contributed by atoms with E-state index in [1.807, 2.05) is 43.3 Å². The van der Waals surface area contributed by atoms with E-state index in [-0.39, 0.29) is 36.7 Å². The Bertz CT molecular complexity index is 988. The van der Waals surface area contributed by atoms with Crippen molar-refractivity contribution in [2.45, 2.75) is 13.3 Å². The molecule has 0 saturated carbocycles. The van der Waals surface area contributed by atoms with Crippen LogP contribution in [0.4, 0.5) is 4.79 Å². The van der Waals surface area contributed by atoms with Gasteiger partial charge in [0.25, 0.3) is 17.1 Å². The topological polar surface area (TPSA) is 84.9 Å². The summed E-state index contributed by atoms with van der Waals surface area (Å²) in [6.45, 7) is 2.14. The van der Waals surface area contributed by atoms with Crippen LogP contribution in [0.5, 0.6) is 11.5 Å². The molecule has 0 atom stereocenters. The summed E-state index contributed by atoms with van der Waals surface area (Å²) in [5, 5.41) is 2.33. The van der Waals surface area contributed by atoms with Gasteiger partial charge in [-0.2, -0.15) is 0 Å². The second-order valence-electron chi connectivity index (χ2n) is 6.71. The van der Waals surface area contributed by atoms with E-state index in [4.69, 9.17) is 9.47 Å². The molecule has 3 amide bonds. The first kappa shape index (κ1) is 22.4. The Kier molecular flexibility index (Phi) is 7.72. The number of thioether (sulfide) groups is 1. The van der Waals surface area contributed by atoms with Crippen molar-refractivity contribution >= 4 is 34.9 Å². The van der Waals surface area contributed by atoms with Crippen LogP contribution in [0.1, 0.15) is 18.1 Å². The third kappa shape index (κ3) is 5.88. The number of rotatable bonds is 9. The molecule has 0 bridgehead atoms. The molecule has 1 aliphatic rings. The fraction of sp³-hybridized carbons (Fsp3) is 0.261. The fourth-order valence-corrected chi connectivity index (χ4v) is 3.85. The van der Waals surface area contributed by atoms with Crippen molar-refractivity contribution in [1.29, 1.82) is 0 Å². The number of ether oxygens (including phenoxy) is 2. The van der Waals surface area contributed by atoms with E-state index < -0.39 is 0 Å². The van der Waals surface area contributed by atoms with Gasteiger partial charge in [-0.25, -0.2) is 0 Å². The minimum Gasteiger partial charge on any atom is -0.497 e. The number of amides is 3. The molecule has 1 aliphatic heterocycles. The average Bonchev–Trinajstić information content (AvgIpc) is 3.05. The molecule has 0 spiro atoms. The number of carbonyl (C=O) groups excluding carboxylic acids is 3. The van der Waals surface area contributed by atoms with Gasteiger partial charge in [0.15, 0.2) is 6.61 Å². The molecule has 3 rings (SSSR count). The van der Waals surface area contributed by atoms with Gasteiger partial charge in [-0.15, -0.1) is 0 Å². The van der Waals surface area contributed by atoms with Gasteiger partial charge in [-0.1, -0.05) is 37.3 Å². The van der Waals surface area contributed by atoms with Crippen LogP contribution in [-0.2, 0) is 16.0 Å². The van der Waals surface area contributed by atoms with E-state index in [0.29, 0.717) is 16.4 Å². The van der Waals surface area contributed by atoms with E-state index in [1.165, 1.54) is 0 Å². The van der Waals surface area contributed by atoms with Crippen molar-refractivity contribution in [2.75, 3.05) is 26.8 Å². The molecular formula is C23H24N2O5S. The zero-order chi connectivity index (χ0) is 22.2. The van der Waals surface area contributed by atoms with Crippen molar-refractivity contribution in [1.82, 2.24) is 10.2 Å². The van der Waals surface area contributed by atoms with Crippen LogP contribution in [0.15, 0.2) is 53.4 Å². The summed E-state index contributed by atoms with van der Waals surface area (Å²) in [5.74, 6) is 0.706. The first-order valence-corrected chi connectivity index (χ1v) is 10.7. The van der Waals surface area contributed by atoms with Crippen LogP contribution in [0.25, 0.3) is 6.08 Å². The molecule has 0 aromatic heterocycles. The van der Waals surface area contributed by atoms with E-state index in [0.717, 1.165) is 34.2 Å². The second-order valence-corrected chi connectivity index (χ2v) is 7.70. The molecule has 31 heavy (non-hydrogen) atoms. The Labute approximate surface area is 185 Å². The number of nitrogens with zero attached hydrogens (tertiary/aromatic N) is 1. The number of imide groups is 1. The molecule has 1 saturated heterocycles. The molecule has 2 aromatic rings. The highest BCUT2D eigenvalue weighted by Crippen LogP contribution is 2.32. The van der Waals surface area contributed by atoms with E-state index >= 15 is 0 Å². The fourth-order valence-electron chi connectivity index (χ4n) is 2.98. The lowest BCUT2D eigenvalue weighted by molar-refractivity contribution is -0.125. The maximum atomic E-state index is 12.6. The predicted octanol–water partition coefficient (Wildman–Crippen LogP) is 3.49. The van der Waals surface area contributed by atoms with Crippen LogP contribution < -0.4 is 14.8 Å². The van der Waals surface area contributed by atoms with Crippen LogP contribution in [-0.4, -0.2) is 48.8 Å². The van der Waals surface area contributed by atoms with Crippen LogP contribution in [0.3, 0.4) is 0 Å². The summed E-state index contributed by atoms with van der Waals surface area (Å²) in [7, 11) is 1.58. The summed E-state index contributed by atoms with van der Waals surface area (Å²) in [6, 6.07) is 14.7.